The molecular weight excluding hydrogens is 245 g/mol. The number of halogens is 2. The van der Waals surface area contributed by atoms with Gasteiger partial charge in [0.05, 0.1) is 18.5 Å². The van der Waals surface area contributed by atoms with E-state index in [-0.39, 0.29) is 43.2 Å². The van der Waals surface area contributed by atoms with Crippen LogP contribution < -0.4 is 5.73 Å². The molecule has 2 fully saturated rings. The smallest absolute Gasteiger partial charge is 0.228 e. The van der Waals surface area contributed by atoms with Crippen LogP contribution in [0.1, 0.15) is 25.7 Å². The highest BCUT2D eigenvalue weighted by Crippen LogP contribution is 2.29. The molecule has 1 heterocycles. The van der Waals surface area contributed by atoms with Gasteiger partial charge in [-0.2, -0.15) is 5.26 Å². The monoisotopic (exact) mass is 261 g/mol. The zero-order valence-electron chi connectivity index (χ0n) is 9.51. The second-order valence-electron chi connectivity index (χ2n) is 4.67. The lowest BCUT2D eigenvalue weighted by molar-refractivity contribution is -0.135. The fraction of sp³-hybridized carbons (Fsp3) is 0.818. The molecule has 17 heavy (non-hydrogen) atoms. The average molecular weight is 262 g/mol. The number of nitrogens with two attached hydrogens (primary N) is 1. The van der Waals surface area contributed by atoms with Gasteiger partial charge in [0.15, 0.2) is 0 Å². The molecule has 6 heteroatoms. The van der Waals surface area contributed by atoms with Crippen LogP contribution in [0.5, 0.6) is 0 Å². The molecule has 96 valence electrons. The van der Waals surface area contributed by atoms with Crippen LogP contribution in [0.25, 0.3) is 0 Å². The number of rotatable bonds is 1. The molecule has 1 aliphatic heterocycles. The van der Waals surface area contributed by atoms with Gasteiger partial charge in [0.1, 0.15) is 12.2 Å². The molecule has 4 atom stereocenters. The normalized spacial score (nSPS) is 36.4. The summed E-state index contributed by atoms with van der Waals surface area (Å²) >= 11 is 0. The minimum absolute atomic E-state index is 0. The quantitative estimate of drug-likeness (QED) is 0.766. The maximum absolute atomic E-state index is 13.2. The number of hydrogen-bond donors (Lipinski definition) is 1. The highest BCUT2D eigenvalue weighted by molar-refractivity contribution is 5.85. The molecule has 0 aromatic carbocycles. The first kappa shape index (κ1) is 14.2. The molecule has 1 aliphatic carbocycles. The molecule has 0 bridgehead atoms. The van der Waals surface area contributed by atoms with Crippen molar-refractivity contribution in [3.63, 3.8) is 0 Å². The van der Waals surface area contributed by atoms with E-state index in [2.05, 4.69) is 0 Å². The maximum atomic E-state index is 13.2. The van der Waals surface area contributed by atoms with E-state index in [1.807, 2.05) is 6.07 Å². The Bertz CT molecular complexity index is 333. The number of nitrogens with zero attached hydrogens (tertiary/aromatic N) is 2. The minimum atomic E-state index is -1.06. The fourth-order valence-electron chi connectivity index (χ4n) is 2.66. The highest BCUT2D eigenvalue weighted by Gasteiger charge is 2.41. The molecule has 2 unspecified atom stereocenters. The van der Waals surface area contributed by atoms with Crippen molar-refractivity contribution in [2.75, 3.05) is 6.54 Å². The van der Waals surface area contributed by atoms with E-state index < -0.39 is 12.2 Å². The topological polar surface area (TPSA) is 70.1 Å². The standard InChI is InChI=1S/C11H16FN3O.ClH/c12-7-4-8(5-13)15(6-7)11(16)9-2-1-3-10(9)14;/h7-10H,1-4,6,14H2;1H/t7-,8-,9?,10?;/m0./s1. The Labute approximate surface area is 106 Å². The molecule has 2 aliphatic rings. The lowest BCUT2D eigenvalue weighted by Gasteiger charge is -2.24. The van der Waals surface area contributed by atoms with Crippen LogP contribution in [-0.2, 0) is 4.79 Å². The lowest BCUT2D eigenvalue weighted by atomic mass is 10.0. The fourth-order valence-corrected chi connectivity index (χ4v) is 2.66. The molecule has 2 N–H and O–H groups in total. The summed E-state index contributed by atoms with van der Waals surface area (Å²) in [6.07, 6.45) is 1.64. The molecule has 2 rings (SSSR count). The van der Waals surface area contributed by atoms with Crippen LogP contribution in [0.3, 0.4) is 0 Å². The van der Waals surface area contributed by atoms with Crippen molar-refractivity contribution in [1.29, 1.82) is 5.26 Å². The van der Waals surface area contributed by atoms with Gasteiger partial charge < -0.3 is 10.6 Å². The van der Waals surface area contributed by atoms with Crippen LogP contribution in [0.15, 0.2) is 0 Å². The predicted molar refractivity (Wildman–Crippen MR) is 63.2 cm³/mol. The Morgan fingerprint density at radius 3 is 2.71 bits per heavy atom. The molecule has 1 saturated heterocycles. The van der Waals surface area contributed by atoms with Gasteiger partial charge in [0.25, 0.3) is 0 Å². The van der Waals surface area contributed by atoms with Gasteiger partial charge >= 0.3 is 0 Å². The summed E-state index contributed by atoms with van der Waals surface area (Å²) in [6.45, 7) is 0.0558. The Balaban J connectivity index is 0.00000144. The molecule has 0 aromatic rings. The third-order valence-electron chi connectivity index (χ3n) is 3.57. The van der Waals surface area contributed by atoms with E-state index >= 15 is 0 Å². The molecule has 1 saturated carbocycles. The summed E-state index contributed by atoms with van der Waals surface area (Å²) in [7, 11) is 0. The Morgan fingerprint density at radius 1 is 1.47 bits per heavy atom. The number of nitriles is 1. The molecule has 0 aromatic heterocycles. The SMILES string of the molecule is Cl.N#C[C@@H]1C[C@H](F)CN1C(=O)C1CCCC1N. The third kappa shape index (κ3) is 2.70. The largest absolute Gasteiger partial charge is 0.327 e. The van der Waals surface area contributed by atoms with Crippen LogP contribution in [0.4, 0.5) is 4.39 Å². The summed E-state index contributed by atoms with van der Waals surface area (Å²) in [6, 6.07) is 1.27. The molecule has 4 nitrogen and oxygen atoms in total. The van der Waals surface area contributed by atoms with Crippen molar-refractivity contribution in [2.45, 2.75) is 43.9 Å². The molecule has 0 spiro atoms. The lowest BCUT2D eigenvalue weighted by Crippen LogP contribution is -2.43. The van der Waals surface area contributed by atoms with Gasteiger partial charge in [0.2, 0.25) is 5.91 Å². The Morgan fingerprint density at radius 2 is 2.18 bits per heavy atom. The van der Waals surface area contributed by atoms with E-state index in [0.29, 0.717) is 0 Å². The molecule has 1 amide bonds. The van der Waals surface area contributed by atoms with Gasteiger partial charge in [0, 0.05) is 12.5 Å². The van der Waals surface area contributed by atoms with Gasteiger partial charge in [-0.05, 0) is 12.8 Å². The van der Waals surface area contributed by atoms with E-state index in [9.17, 15) is 9.18 Å². The number of hydrogen-bond acceptors (Lipinski definition) is 3. The second-order valence-corrected chi connectivity index (χ2v) is 4.67. The van der Waals surface area contributed by atoms with Crippen molar-refractivity contribution >= 4 is 18.3 Å². The first-order valence-corrected chi connectivity index (χ1v) is 5.73. The highest BCUT2D eigenvalue weighted by atomic mass is 35.5. The van der Waals surface area contributed by atoms with Crippen LogP contribution in [0.2, 0.25) is 0 Å². The third-order valence-corrected chi connectivity index (χ3v) is 3.57. The number of amides is 1. The van der Waals surface area contributed by atoms with Gasteiger partial charge in [-0.15, -0.1) is 12.4 Å². The van der Waals surface area contributed by atoms with Crippen LogP contribution in [0, 0.1) is 17.2 Å². The van der Waals surface area contributed by atoms with Gasteiger partial charge in [-0.3, -0.25) is 4.79 Å². The van der Waals surface area contributed by atoms with Crippen molar-refractivity contribution in [3.05, 3.63) is 0 Å². The maximum Gasteiger partial charge on any atom is 0.228 e. The first-order chi connectivity index (χ1) is 7.63. The van der Waals surface area contributed by atoms with E-state index in [0.717, 1.165) is 19.3 Å². The molecular formula is C11H17ClFN3O. The summed E-state index contributed by atoms with van der Waals surface area (Å²) in [5, 5.41) is 8.87. The summed E-state index contributed by atoms with van der Waals surface area (Å²) in [5.74, 6) is -0.335. The van der Waals surface area contributed by atoms with E-state index in [4.69, 9.17) is 11.0 Å². The second kappa shape index (κ2) is 5.65. The first-order valence-electron chi connectivity index (χ1n) is 5.73. The van der Waals surface area contributed by atoms with Crippen LogP contribution in [-0.4, -0.2) is 35.6 Å². The predicted octanol–water partition coefficient (Wildman–Crippen LogP) is 0.998. The number of carbonyl (C=O) groups is 1. The summed E-state index contributed by atoms with van der Waals surface area (Å²) in [5.41, 5.74) is 5.84. The number of likely N-dealkylation sites (tertiary alicyclic amines) is 1. The number of alkyl halides is 1. The zero-order valence-corrected chi connectivity index (χ0v) is 10.3. The van der Waals surface area contributed by atoms with Crippen molar-refractivity contribution in [3.8, 4) is 6.07 Å². The minimum Gasteiger partial charge on any atom is -0.327 e. The van der Waals surface area contributed by atoms with Crippen molar-refractivity contribution in [2.24, 2.45) is 11.7 Å². The Kier molecular flexibility index (Phi) is 4.72. The summed E-state index contributed by atoms with van der Waals surface area (Å²) < 4.78 is 13.2. The van der Waals surface area contributed by atoms with Crippen LogP contribution >= 0.6 is 12.4 Å². The number of carbonyl (C=O) groups excluding carboxylic acids is 1. The Hall–Kier alpha value is -0.860. The van der Waals surface area contributed by atoms with Crippen molar-refractivity contribution in [1.82, 2.24) is 4.90 Å². The van der Waals surface area contributed by atoms with Gasteiger partial charge in [-0.25, -0.2) is 4.39 Å². The molecule has 0 radical (unpaired) electrons. The van der Waals surface area contributed by atoms with Gasteiger partial charge in [-0.1, -0.05) is 6.42 Å². The average Bonchev–Trinajstić information content (AvgIpc) is 2.83. The van der Waals surface area contributed by atoms with E-state index in [1.54, 1.807) is 0 Å². The van der Waals surface area contributed by atoms with Crippen molar-refractivity contribution < 1.29 is 9.18 Å². The van der Waals surface area contributed by atoms with E-state index in [1.165, 1.54) is 4.90 Å². The summed E-state index contributed by atoms with van der Waals surface area (Å²) in [4.78, 5) is 13.5. The zero-order chi connectivity index (χ0) is 11.7.